The van der Waals surface area contributed by atoms with Crippen molar-refractivity contribution in [2.45, 2.75) is 40.3 Å². The molecule has 0 bridgehead atoms. The third-order valence-electron chi connectivity index (χ3n) is 4.09. The van der Waals surface area contributed by atoms with E-state index in [2.05, 4.69) is 35.8 Å². The topological polar surface area (TPSA) is 26.7 Å². The van der Waals surface area contributed by atoms with E-state index in [0.717, 1.165) is 43.9 Å². The monoisotopic (exact) mass is 262 g/mol. The minimum atomic E-state index is 0.438. The van der Waals surface area contributed by atoms with Gasteiger partial charge in [0, 0.05) is 38.8 Å². The van der Waals surface area contributed by atoms with Gasteiger partial charge in [-0.1, -0.05) is 12.1 Å². The fourth-order valence-electron chi connectivity index (χ4n) is 2.83. The number of hydrogen-bond donors (Lipinski definition) is 1. The SMILES string of the molecule is Cc1cc(CN2CCN(C(C)C)CC2)cc(C)c1O. The molecule has 1 saturated heterocycles. The molecule has 0 aliphatic carbocycles. The van der Waals surface area contributed by atoms with Crippen LogP contribution in [0, 0.1) is 13.8 Å². The maximum atomic E-state index is 9.81. The number of aryl methyl sites for hydroxylation is 2. The third kappa shape index (κ3) is 3.48. The van der Waals surface area contributed by atoms with Crippen molar-refractivity contribution in [1.29, 1.82) is 0 Å². The molecule has 0 amide bonds. The van der Waals surface area contributed by atoms with Gasteiger partial charge in [-0.3, -0.25) is 9.80 Å². The molecule has 0 radical (unpaired) electrons. The maximum absolute atomic E-state index is 9.81. The Kier molecular flexibility index (Phi) is 4.48. The first-order valence-electron chi connectivity index (χ1n) is 7.23. The number of rotatable bonds is 3. The number of hydrogen-bond acceptors (Lipinski definition) is 3. The van der Waals surface area contributed by atoms with Crippen LogP contribution in [0.1, 0.15) is 30.5 Å². The van der Waals surface area contributed by atoms with Gasteiger partial charge in [0.15, 0.2) is 0 Å². The maximum Gasteiger partial charge on any atom is 0.121 e. The summed E-state index contributed by atoms with van der Waals surface area (Å²) < 4.78 is 0. The van der Waals surface area contributed by atoms with Gasteiger partial charge in [0.2, 0.25) is 0 Å². The lowest BCUT2D eigenvalue weighted by molar-refractivity contribution is 0.104. The Morgan fingerprint density at radius 3 is 2.05 bits per heavy atom. The Labute approximate surface area is 116 Å². The van der Waals surface area contributed by atoms with Gasteiger partial charge in [-0.15, -0.1) is 0 Å². The summed E-state index contributed by atoms with van der Waals surface area (Å²) in [6.45, 7) is 14.1. The molecule has 1 aromatic rings. The summed E-state index contributed by atoms with van der Waals surface area (Å²) in [4.78, 5) is 5.04. The largest absolute Gasteiger partial charge is 0.507 e. The predicted octanol–water partition coefficient (Wildman–Crippen LogP) is 2.54. The molecule has 1 fully saturated rings. The number of nitrogens with zero attached hydrogens (tertiary/aromatic N) is 2. The van der Waals surface area contributed by atoms with E-state index in [1.54, 1.807) is 0 Å². The van der Waals surface area contributed by atoms with Crippen molar-refractivity contribution in [1.82, 2.24) is 9.80 Å². The number of phenolic OH excluding ortho intramolecular Hbond substituents is 1. The lowest BCUT2D eigenvalue weighted by Gasteiger charge is -2.37. The Hall–Kier alpha value is -1.06. The summed E-state index contributed by atoms with van der Waals surface area (Å²) in [5, 5.41) is 9.81. The van der Waals surface area contributed by atoms with Gasteiger partial charge in [0.25, 0.3) is 0 Å². The van der Waals surface area contributed by atoms with Crippen molar-refractivity contribution < 1.29 is 5.11 Å². The van der Waals surface area contributed by atoms with Crippen LogP contribution >= 0.6 is 0 Å². The zero-order valence-corrected chi connectivity index (χ0v) is 12.6. The quantitative estimate of drug-likeness (QED) is 0.907. The van der Waals surface area contributed by atoms with Crippen molar-refractivity contribution in [3.05, 3.63) is 28.8 Å². The number of piperazine rings is 1. The van der Waals surface area contributed by atoms with Crippen LogP contribution in [0.3, 0.4) is 0 Å². The van der Waals surface area contributed by atoms with Gasteiger partial charge >= 0.3 is 0 Å². The molecule has 2 rings (SSSR count). The van der Waals surface area contributed by atoms with Crippen LogP contribution in [0.25, 0.3) is 0 Å². The molecule has 1 heterocycles. The second-order valence-electron chi connectivity index (χ2n) is 5.98. The first kappa shape index (κ1) is 14.4. The molecule has 1 N–H and O–H groups in total. The van der Waals surface area contributed by atoms with E-state index in [1.807, 2.05) is 13.8 Å². The predicted molar refractivity (Wildman–Crippen MR) is 79.6 cm³/mol. The summed E-state index contributed by atoms with van der Waals surface area (Å²) in [6, 6.07) is 4.87. The molecular formula is C16H26N2O. The van der Waals surface area contributed by atoms with Crippen molar-refractivity contribution in [2.24, 2.45) is 0 Å². The van der Waals surface area contributed by atoms with E-state index in [-0.39, 0.29) is 0 Å². The highest BCUT2D eigenvalue weighted by molar-refractivity contribution is 5.42. The van der Waals surface area contributed by atoms with Crippen LogP contribution in [-0.4, -0.2) is 47.1 Å². The van der Waals surface area contributed by atoms with Crippen LogP contribution in [0.4, 0.5) is 0 Å². The first-order valence-corrected chi connectivity index (χ1v) is 7.23. The van der Waals surface area contributed by atoms with Gasteiger partial charge < -0.3 is 5.11 Å². The van der Waals surface area contributed by atoms with Crippen LogP contribution in [0.5, 0.6) is 5.75 Å². The molecule has 19 heavy (non-hydrogen) atoms. The highest BCUT2D eigenvalue weighted by Crippen LogP contribution is 2.23. The molecular weight excluding hydrogens is 236 g/mol. The third-order valence-corrected chi connectivity index (χ3v) is 4.09. The molecule has 0 unspecified atom stereocenters. The average molecular weight is 262 g/mol. The molecule has 0 spiro atoms. The van der Waals surface area contributed by atoms with Gasteiger partial charge in [-0.2, -0.15) is 0 Å². The van der Waals surface area contributed by atoms with E-state index in [9.17, 15) is 5.11 Å². The van der Waals surface area contributed by atoms with Crippen LogP contribution in [-0.2, 0) is 6.54 Å². The van der Waals surface area contributed by atoms with E-state index >= 15 is 0 Å². The fourth-order valence-corrected chi connectivity index (χ4v) is 2.83. The smallest absolute Gasteiger partial charge is 0.121 e. The molecule has 0 aromatic heterocycles. The second kappa shape index (κ2) is 5.93. The molecule has 3 nitrogen and oxygen atoms in total. The zero-order chi connectivity index (χ0) is 14.0. The van der Waals surface area contributed by atoms with Crippen molar-refractivity contribution in [3.63, 3.8) is 0 Å². The first-order chi connectivity index (χ1) is 8.97. The van der Waals surface area contributed by atoms with E-state index in [4.69, 9.17) is 0 Å². The number of aromatic hydroxyl groups is 1. The molecule has 0 saturated carbocycles. The van der Waals surface area contributed by atoms with Crippen molar-refractivity contribution >= 4 is 0 Å². The minimum absolute atomic E-state index is 0.438. The number of phenols is 1. The van der Waals surface area contributed by atoms with E-state index in [0.29, 0.717) is 11.8 Å². The van der Waals surface area contributed by atoms with Gasteiger partial charge in [0.1, 0.15) is 5.75 Å². The molecule has 0 atom stereocenters. The van der Waals surface area contributed by atoms with E-state index in [1.165, 1.54) is 5.56 Å². The van der Waals surface area contributed by atoms with Gasteiger partial charge in [-0.25, -0.2) is 0 Å². The average Bonchev–Trinajstić information content (AvgIpc) is 2.36. The minimum Gasteiger partial charge on any atom is -0.507 e. The lowest BCUT2D eigenvalue weighted by Crippen LogP contribution is -2.48. The molecule has 1 aromatic carbocycles. The standard InChI is InChI=1S/C16H26N2O/c1-12(2)18-7-5-17(6-8-18)11-15-9-13(3)16(19)14(4)10-15/h9-10,12,19H,5-8,11H2,1-4H3. The Balaban J connectivity index is 1.96. The fraction of sp³-hybridized carbons (Fsp3) is 0.625. The Bertz CT molecular complexity index is 411. The normalized spacial score (nSPS) is 18.2. The molecule has 1 aliphatic rings. The van der Waals surface area contributed by atoms with Crippen LogP contribution in [0.15, 0.2) is 12.1 Å². The Morgan fingerprint density at radius 2 is 1.58 bits per heavy atom. The van der Waals surface area contributed by atoms with Gasteiger partial charge in [0.05, 0.1) is 0 Å². The number of benzene rings is 1. The second-order valence-corrected chi connectivity index (χ2v) is 5.98. The lowest BCUT2D eigenvalue weighted by atomic mass is 10.1. The summed E-state index contributed by atoms with van der Waals surface area (Å²) in [6.07, 6.45) is 0. The zero-order valence-electron chi connectivity index (χ0n) is 12.6. The summed E-state index contributed by atoms with van der Waals surface area (Å²) in [5.41, 5.74) is 3.28. The highest BCUT2D eigenvalue weighted by Gasteiger charge is 2.19. The summed E-state index contributed by atoms with van der Waals surface area (Å²) in [7, 11) is 0. The molecule has 3 heteroatoms. The van der Waals surface area contributed by atoms with Crippen molar-refractivity contribution in [2.75, 3.05) is 26.2 Å². The van der Waals surface area contributed by atoms with Crippen LogP contribution in [0.2, 0.25) is 0 Å². The highest BCUT2D eigenvalue weighted by atomic mass is 16.3. The van der Waals surface area contributed by atoms with Crippen LogP contribution < -0.4 is 0 Å². The van der Waals surface area contributed by atoms with E-state index < -0.39 is 0 Å². The Morgan fingerprint density at radius 1 is 1.05 bits per heavy atom. The summed E-state index contributed by atoms with van der Waals surface area (Å²) in [5.74, 6) is 0.438. The molecule has 1 aliphatic heterocycles. The van der Waals surface area contributed by atoms with Gasteiger partial charge in [-0.05, 0) is 44.4 Å². The summed E-state index contributed by atoms with van der Waals surface area (Å²) >= 11 is 0. The van der Waals surface area contributed by atoms with Crippen molar-refractivity contribution in [3.8, 4) is 5.75 Å². The molecule has 106 valence electrons.